The van der Waals surface area contributed by atoms with Gasteiger partial charge in [0.2, 0.25) is 5.91 Å². The van der Waals surface area contributed by atoms with Crippen LogP contribution in [0.15, 0.2) is 18.2 Å². The van der Waals surface area contributed by atoms with Crippen LogP contribution in [0.3, 0.4) is 0 Å². The van der Waals surface area contributed by atoms with Crippen LogP contribution in [-0.4, -0.2) is 17.9 Å². The number of hydrogen-bond donors (Lipinski definition) is 2. The molecule has 1 heterocycles. The summed E-state index contributed by atoms with van der Waals surface area (Å²) < 4.78 is 0. The van der Waals surface area contributed by atoms with Crippen molar-refractivity contribution in [3.8, 4) is 0 Å². The molecule has 108 valence electrons. The highest BCUT2D eigenvalue weighted by atomic mass is 16.2. The van der Waals surface area contributed by atoms with Crippen LogP contribution in [0.25, 0.3) is 0 Å². The van der Waals surface area contributed by atoms with Gasteiger partial charge in [-0.25, -0.2) is 0 Å². The first kappa shape index (κ1) is 14.6. The monoisotopic (exact) mass is 274 g/mol. The van der Waals surface area contributed by atoms with Gasteiger partial charge in [0.05, 0.1) is 6.42 Å². The lowest BCUT2D eigenvalue weighted by atomic mass is 10.00. The summed E-state index contributed by atoms with van der Waals surface area (Å²) in [5.41, 5.74) is 2.34. The van der Waals surface area contributed by atoms with Crippen LogP contribution in [0, 0.1) is 5.92 Å². The summed E-state index contributed by atoms with van der Waals surface area (Å²) in [7, 11) is 0. The van der Waals surface area contributed by atoms with Crippen molar-refractivity contribution >= 4 is 17.5 Å². The Labute approximate surface area is 119 Å². The maximum absolute atomic E-state index is 12.2. The van der Waals surface area contributed by atoms with Crippen LogP contribution in [0.1, 0.15) is 49.5 Å². The molecule has 20 heavy (non-hydrogen) atoms. The van der Waals surface area contributed by atoms with Crippen molar-refractivity contribution in [3.63, 3.8) is 0 Å². The minimum Gasteiger partial charge on any atom is -0.350 e. The first-order valence-electron chi connectivity index (χ1n) is 7.23. The van der Waals surface area contributed by atoms with E-state index in [4.69, 9.17) is 0 Å². The van der Waals surface area contributed by atoms with E-state index in [9.17, 15) is 9.59 Å². The third-order valence-electron chi connectivity index (χ3n) is 3.82. The standard InChI is InChI=1S/C16H22N2O2/c1-4-10(2)7-11(3)17-16(20)12-5-6-14-13(8-12)9-15(19)18-14/h5-6,8,10-11H,4,7,9H2,1-3H3,(H,17,20)(H,18,19). The van der Waals surface area contributed by atoms with Crippen LogP contribution >= 0.6 is 0 Å². The highest BCUT2D eigenvalue weighted by Gasteiger charge is 2.19. The topological polar surface area (TPSA) is 58.2 Å². The zero-order valence-corrected chi connectivity index (χ0v) is 12.3. The van der Waals surface area contributed by atoms with Gasteiger partial charge in [-0.05, 0) is 43.0 Å². The molecule has 2 atom stereocenters. The Morgan fingerprint density at radius 1 is 1.40 bits per heavy atom. The van der Waals surface area contributed by atoms with Crippen molar-refractivity contribution in [1.29, 1.82) is 0 Å². The van der Waals surface area contributed by atoms with Crippen molar-refractivity contribution in [2.24, 2.45) is 5.92 Å². The number of benzene rings is 1. The fourth-order valence-corrected chi connectivity index (χ4v) is 2.51. The van der Waals surface area contributed by atoms with E-state index >= 15 is 0 Å². The summed E-state index contributed by atoms with van der Waals surface area (Å²) in [4.78, 5) is 23.5. The minimum atomic E-state index is -0.0667. The Balaban J connectivity index is 2.00. The Kier molecular flexibility index (Phi) is 4.42. The van der Waals surface area contributed by atoms with E-state index in [2.05, 4.69) is 24.5 Å². The van der Waals surface area contributed by atoms with Gasteiger partial charge in [0.1, 0.15) is 0 Å². The first-order chi connectivity index (χ1) is 9.49. The van der Waals surface area contributed by atoms with E-state index < -0.39 is 0 Å². The molecule has 0 aromatic heterocycles. The Morgan fingerprint density at radius 2 is 2.15 bits per heavy atom. The lowest BCUT2D eigenvalue weighted by Crippen LogP contribution is -2.33. The predicted molar refractivity (Wildman–Crippen MR) is 79.8 cm³/mol. The lowest BCUT2D eigenvalue weighted by molar-refractivity contribution is -0.115. The molecule has 0 aliphatic carbocycles. The second kappa shape index (κ2) is 6.07. The number of nitrogens with one attached hydrogen (secondary N) is 2. The van der Waals surface area contributed by atoms with E-state index in [1.165, 1.54) is 0 Å². The molecule has 0 saturated carbocycles. The summed E-state index contributed by atoms with van der Waals surface area (Å²) in [6.45, 7) is 6.38. The number of carbonyl (C=O) groups excluding carboxylic acids is 2. The van der Waals surface area contributed by atoms with E-state index in [-0.39, 0.29) is 17.9 Å². The number of amides is 2. The molecule has 2 N–H and O–H groups in total. The maximum atomic E-state index is 12.2. The summed E-state index contributed by atoms with van der Waals surface area (Å²) in [6.07, 6.45) is 2.46. The van der Waals surface area contributed by atoms with Crippen molar-refractivity contribution in [2.75, 3.05) is 5.32 Å². The lowest BCUT2D eigenvalue weighted by Gasteiger charge is -2.17. The number of hydrogen-bond acceptors (Lipinski definition) is 2. The molecule has 4 heteroatoms. The summed E-state index contributed by atoms with van der Waals surface area (Å²) in [5, 5.41) is 5.79. The van der Waals surface area contributed by atoms with Gasteiger partial charge in [0.25, 0.3) is 5.91 Å². The van der Waals surface area contributed by atoms with E-state index in [0.29, 0.717) is 17.9 Å². The van der Waals surface area contributed by atoms with Crippen molar-refractivity contribution in [2.45, 2.75) is 46.1 Å². The minimum absolute atomic E-state index is 0.0114. The zero-order valence-electron chi connectivity index (χ0n) is 12.3. The molecule has 1 aliphatic rings. The molecule has 0 radical (unpaired) electrons. The van der Waals surface area contributed by atoms with Crippen LogP contribution in [0.2, 0.25) is 0 Å². The van der Waals surface area contributed by atoms with Gasteiger partial charge in [-0.1, -0.05) is 20.3 Å². The van der Waals surface area contributed by atoms with Crippen LogP contribution in [0.4, 0.5) is 5.69 Å². The fraction of sp³-hybridized carbons (Fsp3) is 0.500. The van der Waals surface area contributed by atoms with Crippen molar-refractivity contribution in [1.82, 2.24) is 5.32 Å². The Hall–Kier alpha value is -1.84. The summed E-state index contributed by atoms with van der Waals surface area (Å²) in [6, 6.07) is 5.52. The molecular formula is C16H22N2O2. The van der Waals surface area contributed by atoms with E-state index in [1.807, 2.05) is 6.92 Å². The molecule has 1 aliphatic heterocycles. The number of fused-ring (bicyclic) bond motifs is 1. The largest absolute Gasteiger partial charge is 0.350 e. The highest BCUT2D eigenvalue weighted by Crippen LogP contribution is 2.23. The molecule has 1 aromatic carbocycles. The second-order valence-electron chi connectivity index (χ2n) is 5.72. The van der Waals surface area contributed by atoms with Gasteiger partial charge in [-0.3, -0.25) is 9.59 Å². The third-order valence-corrected chi connectivity index (χ3v) is 3.82. The highest BCUT2D eigenvalue weighted by molar-refractivity contribution is 6.01. The van der Waals surface area contributed by atoms with E-state index in [0.717, 1.165) is 24.1 Å². The molecule has 2 rings (SSSR count). The van der Waals surface area contributed by atoms with Crippen LogP contribution in [-0.2, 0) is 11.2 Å². The first-order valence-corrected chi connectivity index (χ1v) is 7.23. The smallest absolute Gasteiger partial charge is 0.251 e. The van der Waals surface area contributed by atoms with Gasteiger partial charge in [0.15, 0.2) is 0 Å². The number of rotatable bonds is 5. The van der Waals surface area contributed by atoms with Gasteiger partial charge in [-0.15, -0.1) is 0 Å². The quantitative estimate of drug-likeness (QED) is 0.867. The molecule has 0 spiro atoms. The molecular weight excluding hydrogens is 252 g/mol. The number of anilines is 1. The normalized spacial score (nSPS) is 16.2. The molecule has 0 fully saturated rings. The Bertz CT molecular complexity index is 525. The number of carbonyl (C=O) groups is 2. The van der Waals surface area contributed by atoms with E-state index in [1.54, 1.807) is 18.2 Å². The molecule has 0 saturated heterocycles. The molecule has 1 aromatic rings. The van der Waals surface area contributed by atoms with Crippen molar-refractivity contribution < 1.29 is 9.59 Å². The Morgan fingerprint density at radius 3 is 2.85 bits per heavy atom. The zero-order chi connectivity index (χ0) is 14.7. The van der Waals surface area contributed by atoms with Crippen LogP contribution < -0.4 is 10.6 Å². The van der Waals surface area contributed by atoms with Gasteiger partial charge < -0.3 is 10.6 Å². The average Bonchev–Trinajstić information content (AvgIpc) is 2.77. The predicted octanol–water partition coefficient (Wildman–Crippen LogP) is 2.74. The van der Waals surface area contributed by atoms with Gasteiger partial charge >= 0.3 is 0 Å². The SMILES string of the molecule is CCC(C)CC(C)NC(=O)c1ccc2c(c1)CC(=O)N2. The molecule has 0 bridgehead atoms. The van der Waals surface area contributed by atoms with Crippen molar-refractivity contribution in [3.05, 3.63) is 29.3 Å². The van der Waals surface area contributed by atoms with Gasteiger partial charge in [0, 0.05) is 17.3 Å². The third kappa shape index (κ3) is 3.38. The fourth-order valence-electron chi connectivity index (χ4n) is 2.51. The maximum Gasteiger partial charge on any atom is 0.251 e. The molecule has 2 amide bonds. The van der Waals surface area contributed by atoms with Crippen LogP contribution in [0.5, 0.6) is 0 Å². The average molecular weight is 274 g/mol. The molecule has 4 nitrogen and oxygen atoms in total. The van der Waals surface area contributed by atoms with Gasteiger partial charge in [-0.2, -0.15) is 0 Å². The second-order valence-corrected chi connectivity index (χ2v) is 5.72. The summed E-state index contributed by atoms with van der Waals surface area (Å²) in [5.74, 6) is 0.526. The summed E-state index contributed by atoms with van der Waals surface area (Å²) >= 11 is 0. The molecule has 2 unspecified atom stereocenters.